The van der Waals surface area contributed by atoms with Gasteiger partial charge in [0.05, 0.1) is 35.0 Å². The van der Waals surface area contributed by atoms with Gasteiger partial charge in [-0.1, -0.05) is 29.3 Å². The Labute approximate surface area is 144 Å². The summed E-state index contributed by atoms with van der Waals surface area (Å²) in [6.45, 7) is 4.25. The Bertz CT molecular complexity index is 717. The first kappa shape index (κ1) is 16.3. The van der Waals surface area contributed by atoms with Gasteiger partial charge in [0.1, 0.15) is 6.10 Å². The maximum atomic E-state index is 12.6. The lowest BCUT2D eigenvalue weighted by molar-refractivity contribution is -0.0228. The van der Waals surface area contributed by atoms with E-state index < -0.39 is 0 Å². The summed E-state index contributed by atoms with van der Waals surface area (Å²) in [5, 5.41) is 5.15. The lowest BCUT2D eigenvalue weighted by Crippen LogP contribution is -2.42. The standard InChI is InChI=1S/C16H17Cl2N3O2/c1-2-21-9-12(8-19-21)16(22)20-5-6-23-15(10-20)11-3-4-13(17)14(18)7-11/h3-4,7-9,15H,2,5-6,10H2,1H3. The van der Waals surface area contributed by atoms with Gasteiger partial charge < -0.3 is 9.64 Å². The number of hydrogen-bond acceptors (Lipinski definition) is 3. The molecule has 5 nitrogen and oxygen atoms in total. The smallest absolute Gasteiger partial charge is 0.257 e. The van der Waals surface area contributed by atoms with Crippen LogP contribution in [-0.4, -0.2) is 40.3 Å². The zero-order valence-corrected chi connectivity index (χ0v) is 14.2. The number of aryl methyl sites for hydroxylation is 1. The number of benzene rings is 1. The van der Waals surface area contributed by atoms with Gasteiger partial charge in [0, 0.05) is 19.3 Å². The molecule has 3 rings (SSSR count). The minimum absolute atomic E-state index is 0.0296. The van der Waals surface area contributed by atoms with Crippen molar-refractivity contribution in [1.82, 2.24) is 14.7 Å². The van der Waals surface area contributed by atoms with Crippen LogP contribution in [0.5, 0.6) is 0 Å². The molecule has 0 radical (unpaired) electrons. The van der Waals surface area contributed by atoms with Gasteiger partial charge in [-0.05, 0) is 24.6 Å². The molecule has 0 N–H and O–H groups in total. The van der Waals surface area contributed by atoms with Crippen LogP contribution in [0.2, 0.25) is 10.0 Å². The Morgan fingerprint density at radius 1 is 1.39 bits per heavy atom. The second-order valence-corrected chi connectivity index (χ2v) is 6.18. The van der Waals surface area contributed by atoms with Crippen molar-refractivity contribution in [3.63, 3.8) is 0 Å². The van der Waals surface area contributed by atoms with Crippen molar-refractivity contribution in [3.8, 4) is 0 Å². The van der Waals surface area contributed by atoms with Crippen LogP contribution in [0.25, 0.3) is 0 Å². The SMILES string of the molecule is CCn1cc(C(=O)N2CCOC(c3ccc(Cl)c(Cl)c3)C2)cn1. The molecule has 7 heteroatoms. The number of morpholine rings is 1. The molecule has 0 aliphatic carbocycles. The Kier molecular flexibility index (Phi) is 4.90. The Morgan fingerprint density at radius 2 is 2.22 bits per heavy atom. The summed E-state index contributed by atoms with van der Waals surface area (Å²) in [4.78, 5) is 14.4. The second-order valence-electron chi connectivity index (χ2n) is 5.37. The van der Waals surface area contributed by atoms with Crippen LogP contribution in [0, 0.1) is 0 Å². The molecule has 122 valence electrons. The van der Waals surface area contributed by atoms with Crippen LogP contribution in [0.15, 0.2) is 30.6 Å². The number of hydrogen-bond donors (Lipinski definition) is 0. The van der Waals surface area contributed by atoms with Crippen LogP contribution < -0.4 is 0 Å². The maximum Gasteiger partial charge on any atom is 0.257 e. The van der Waals surface area contributed by atoms with Gasteiger partial charge in [0.2, 0.25) is 0 Å². The second kappa shape index (κ2) is 6.91. The van der Waals surface area contributed by atoms with E-state index in [0.29, 0.717) is 35.3 Å². The van der Waals surface area contributed by atoms with E-state index >= 15 is 0 Å². The molecular formula is C16H17Cl2N3O2. The largest absolute Gasteiger partial charge is 0.370 e. The molecule has 1 aromatic carbocycles. The summed E-state index contributed by atoms with van der Waals surface area (Å²) in [6.07, 6.45) is 3.17. The van der Waals surface area contributed by atoms with Gasteiger partial charge in [-0.2, -0.15) is 5.10 Å². The molecule has 1 fully saturated rings. The summed E-state index contributed by atoms with van der Waals surface area (Å²) in [5.41, 5.74) is 1.52. The quantitative estimate of drug-likeness (QED) is 0.849. The molecule has 1 aliphatic heterocycles. The molecule has 1 saturated heterocycles. The van der Waals surface area contributed by atoms with Crippen LogP contribution in [0.4, 0.5) is 0 Å². The van der Waals surface area contributed by atoms with E-state index in [2.05, 4.69) is 5.10 Å². The van der Waals surface area contributed by atoms with Gasteiger partial charge in [-0.3, -0.25) is 9.48 Å². The monoisotopic (exact) mass is 353 g/mol. The maximum absolute atomic E-state index is 12.6. The number of amides is 1. The highest BCUT2D eigenvalue weighted by Crippen LogP contribution is 2.29. The molecule has 1 atom stereocenters. The van der Waals surface area contributed by atoms with Gasteiger partial charge in [0.15, 0.2) is 0 Å². The normalized spacial score (nSPS) is 18.2. The van der Waals surface area contributed by atoms with E-state index in [9.17, 15) is 4.79 Å². The third kappa shape index (κ3) is 3.52. The fraction of sp³-hybridized carbons (Fsp3) is 0.375. The van der Waals surface area contributed by atoms with Crippen LogP contribution >= 0.6 is 23.2 Å². The summed E-state index contributed by atoms with van der Waals surface area (Å²) >= 11 is 12.0. The van der Waals surface area contributed by atoms with Crippen LogP contribution in [-0.2, 0) is 11.3 Å². The molecule has 2 heterocycles. The molecule has 1 aromatic heterocycles. The number of rotatable bonds is 3. The van der Waals surface area contributed by atoms with E-state index in [-0.39, 0.29) is 12.0 Å². The van der Waals surface area contributed by atoms with Crippen LogP contribution in [0.3, 0.4) is 0 Å². The van der Waals surface area contributed by atoms with E-state index in [4.69, 9.17) is 27.9 Å². The lowest BCUT2D eigenvalue weighted by atomic mass is 10.1. The first-order chi connectivity index (χ1) is 11.1. The minimum atomic E-state index is -0.205. The van der Waals surface area contributed by atoms with Gasteiger partial charge in [-0.15, -0.1) is 0 Å². The Balaban J connectivity index is 1.74. The molecule has 2 aromatic rings. The van der Waals surface area contributed by atoms with Crippen LogP contribution in [0.1, 0.15) is 28.9 Å². The third-order valence-electron chi connectivity index (χ3n) is 3.87. The fourth-order valence-corrected chi connectivity index (χ4v) is 2.88. The highest BCUT2D eigenvalue weighted by Gasteiger charge is 2.27. The first-order valence-corrected chi connectivity index (χ1v) is 8.22. The van der Waals surface area contributed by atoms with Gasteiger partial charge >= 0.3 is 0 Å². The van der Waals surface area contributed by atoms with E-state index in [0.717, 1.165) is 12.1 Å². The van der Waals surface area contributed by atoms with E-state index in [1.165, 1.54) is 0 Å². The average molecular weight is 354 g/mol. The molecule has 1 unspecified atom stereocenters. The van der Waals surface area contributed by atoms with Crippen molar-refractivity contribution in [2.75, 3.05) is 19.7 Å². The topological polar surface area (TPSA) is 47.4 Å². The molecule has 0 saturated carbocycles. The predicted octanol–water partition coefficient (Wildman–Crippen LogP) is 3.42. The molecule has 0 bridgehead atoms. The minimum Gasteiger partial charge on any atom is -0.370 e. The molecule has 0 spiro atoms. The molecule has 1 amide bonds. The lowest BCUT2D eigenvalue weighted by Gasteiger charge is -2.33. The van der Waals surface area contributed by atoms with Crippen molar-refractivity contribution in [1.29, 1.82) is 0 Å². The predicted molar refractivity (Wildman–Crippen MR) is 89.0 cm³/mol. The number of carbonyl (C=O) groups is 1. The van der Waals surface area contributed by atoms with Gasteiger partial charge in [-0.25, -0.2) is 0 Å². The number of nitrogens with zero attached hydrogens (tertiary/aromatic N) is 3. The summed E-state index contributed by atoms with van der Waals surface area (Å²) < 4.78 is 7.53. The zero-order chi connectivity index (χ0) is 16.4. The number of ether oxygens (including phenoxy) is 1. The molecule has 23 heavy (non-hydrogen) atoms. The van der Waals surface area contributed by atoms with Gasteiger partial charge in [0.25, 0.3) is 5.91 Å². The van der Waals surface area contributed by atoms with E-state index in [1.54, 1.807) is 34.1 Å². The summed E-state index contributed by atoms with van der Waals surface area (Å²) in [5.74, 6) is -0.0296. The summed E-state index contributed by atoms with van der Waals surface area (Å²) in [7, 11) is 0. The molecular weight excluding hydrogens is 337 g/mol. The third-order valence-corrected chi connectivity index (χ3v) is 4.61. The number of carbonyl (C=O) groups excluding carboxylic acids is 1. The highest BCUT2D eigenvalue weighted by molar-refractivity contribution is 6.42. The van der Waals surface area contributed by atoms with Crippen molar-refractivity contribution in [2.45, 2.75) is 19.6 Å². The summed E-state index contributed by atoms with van der Waals surface area (Å²) in [6, 6.07) is 5.41. The first-order valence-electron chi connectivity index (χ1n) is 7.46. The van der Waals surface area contributed by atoms with Crippen molar-refractivity contribution in [2.24, 2.45) is 0 Å². The van der Waals surface area contributed by atoms with Crippen molar-refractivity contribution < 1.29 is 9.53 Å². The van der Waals surface area contributed by atoms with E-state index in [1.807, 2.05) is 13.0 Å². The van der Waals surface area contributed by atoms with Crippen molar-refractivity contribution >= 4 is 29.1 Å². The molecule has 1 aliphatic rings. The Morgan fingerprint density at radius 3 is 2.91 bits per heavy atom. The number of aromatic nitrogens is 2. The fourth-order valence-electron chi connectivity index (χ4n) is 2.58. The average Bonchev–Trinajstić information content (AvgIpc) is 3.06. The zero-order valence-electron chi connectivity index (χ0n) is 12.7. The van der Waals surface area contributed by atoms with Crippen molar-refractivity contribution in [3.05, 3.63) is 51.8 Å². The Hall–Kier alpha value is -1.56. The number of halogens is 2. The highest BCUT2D eigenvalue weighted by atomic mass is 35.5.